The predicted molar refractivity (Wildman–Crippen MR) is 108 cm³/mol. The van der Waals surface area contributed by atoms with Crippen molar-refractivity contribution in [3.05, 3.63) is 35.8 Å². The summed E-state index contributed by atoms with van der Waals surface area (Å²) in [6.07, 6.45) is 5.04. The fourth-order valence-electron chi connectivity index (χ4n) is 3.39. The molecule has 3 N–H and O–H groups in total. The van der Waals surface area contributed by atoms with Crippen LogP contribution < -0.4 is 10.6 Å². The summed E-state index contributed by atoms with van der Waals surface area (Å²) in [5, 5.41) is 7.64. The number of hydrogen-bond donors (Lipinski definition) is 3. The number of aliphatic imine (C=N–C) groups is 1. The lowest BCUT2D eigenvalue weighted by Gasteiger charge is -2.26. The average molecular weight is 375 g/mol. The van der Waals surface area contributed by atoms with Gasteiger partial charge in [0.25, 0.3) is 0 Å². The number of aromatic nitrogens is 1. The third kappa shape index (κ3) is 5.94. The number of H-pyrrole nitrogens is 1. The third-order valence-electron chi connectivity index (χ3n) is 4.94. The van der Waals surface area contributed by atoms with Crippen molar-refractivity contribution in [2.75, 3.05) is 53.0 Å². The van der Waals surface area contributed by atoms with Crippen LogP contribution in [0.15, 0.2) is 29.4 Å². The number of rotatable bonds is 8. The van der Waals surface area contributed by atoms with Crippen molar-refractivity contribution < 1.29 is 9.13 Å². The SMILES string of the molecule is CN=C(NCCCCN1CCOCC1)NCCc1c[nH]c2ccc(F)cc12. The summed E-state index contributed by atoms with van der Waals surface area (Å²) in [6, 6.07) is 4.84. The number of guanidine groups is 1. The molecule has 0 atom stereocenters. The fraction of sp³-hybridized carbons (Fsp3) is 0.550. The predicted octanol–water partition coefficient (Wildman–Crippen LogP) is 2.13. The van der Waals surface area contributed by atoms with Crippen molar-refractivity contribution >= 4 is 16.9 Å². The molecule has 0 amide bonds. The third-order valence-corrected chi connectivity index (χ3v) is 4.94. The molecule has 2 heterocycles. The van der Waals surface area contributed by atoms with Gasteiger partial charge in [0.05, 0.1) is 13.2 Å². The minimum absolute atomic E-state index is 0.203. The molecule has 1 aromatic heterocycles. The lowest BCUT2D eigenvalue weighted by atomic mass is 10.1. The van der Waals surface area contributed by atoms with Crippen molar-refractivity contribution in [3.8, 4) is 0 Å². The van der Waals surface area contributed by atoms with Crippen LogP contribution in [-0.4, -0.2) is 68.8 Å². The second-order valence-electron chi connectivity index (χ2n) is 6.84. The van der Waals surface area contributed by atoms with Crippen molar-refractivity contribution in [2.24, 2.45) is 4.99 Å². The fourth-order valence-corrected chi connectivity index (χ4v) is 3.39. The van der Waals surface area contributed by atoms with Crippen LogP contribution in [0.2, 0.25) is 0 Å². The Labute approximate surface area is 160 Å². The van der Waals surface area contributed by atoms with Crippen LogP contribution in [-0.2, 0) is 11.2 Å². The minimum Gasteiger partial charge on any atom is -0.379 e. The van der Waals surface area contributed by atoms with E-state index in [9.17, 15) is 4.39 Å². The lowest BCUT2D eigenvalue weighted by molar-refractivity contribution is 0.0372. The summed E-state index contributed by atoms with van der Waals surface area (Å²) >= 11 is 0. The largest absolute Gasteiger partial charge is 0.379 e. The molecule has 1 aromatic carbocycles. The van der Waals surface area contributed by atoms with Gasteiger partial charge in [-0.3, -0.25) is 9.89 Å². The van der Waals surface area contributed by atoms with E-state index in [4.69, 9.17) is 4.74 Å². The van der Waals surface area contributed by atoms with E-state index in [-0.39, 0.29) is 5.82 Å². The molecule has 3 rings (SSSR count). The smallest absolute Gasteiger partial charge is 0.190 e. The van der Waals surface area contributed by atoms with Crippen LogP contribution in [0.1, 0.15) is 18.4 Å². The highest BCUT2D eigenvalue weighted by molar-refractivity contribution is 5.83. The number of nitrogens with one attached hydrogen (secondary N) is 3. The Morgan fingerprint density at radius 1 is 1.22 bits per heavy atom. The molecule has 0 unspecified atom stereocenters. The average Bonchev–Trinajstić information content (AvgIpc) is 3.09. The van der Waals surface area contributed by atoms with Crippen molar-refractivity contribution in [1.82, 2.24) is 20.5 Å². The summed E-state index contributed by atoms with van der Waals surface area (Å²) in [6.45, 7) is 6.60. The van der Waals surface area contributed by atoms with E-state index in [1.165, 1.54) is 12.5 Å². The Bertz CT molecular complexity index is 739. The van der Waals surface area contributed by atoms with Gasteiger partial charge in [0, 0.05) is 50.3 Å². The molecule has 6 nitrogen and oxygen atoms in total. The van der Waals surface area contributed by atoms with E-state index in [1.54, 1.807) is 19.2 Å². The number of benzene rings is 1. The molecule has 1 aliphatic rings. The second-order valence-corrected chi connectivity index (χ2v) is 6.84. The van der Waals surface area contributed by atoms with Crippen molar-refractivity contribution in [3.63, 3.8) is 0 Å². The Kier molecular flexibility index (Phi) is 7.47. The van der Waals surface area contributed by atoms with Gasteiger partial charge in [-0.2, -0.15) is 0 Å². The molecule has 1 aliphatic heterocycles. The topological polar surface area (TPSA) is 64.7 Å². The maximum atomic E-state index is 13.5. The Balaban J connectivity index is 1.33. The number of unbranched alkanes of at least 4 members (excludes halogenated alkanes) is 1. The molecule has 0 bridgehead atoms. The van der Waals surface area contributed by atoms with E-state index in [2.05, 4.69) is 25.5 Å². The maximum absolute atomic E-state index is 13.5. The molecule has 1 fully saturated rings. The lowest BCUT2D eigenvalue weighted by Crippen LogP contribution is -2.39. The Hall–Kier alpha value is -2.12. The van der Waals surface area contributed by atoms with E-state index in [0.29, 0.717) is 0 Å². The molecule has 1 saturated heterocycles. The number of aromatic amines is 1. The number of fused-ring (bicyclic) bond motifs is 1. The Morgan fingerprint density at radius 3 is 2.85 bits per heavy atom. The van der Waals surface area contributed by atoms with Gasteiger partial charge in [-0.05, 0) is 49.6 Å². The van der Waals surface area contributed by atoms with Gasteiger partial charge in [0.15, 0.2) is 5.96 Å². The van der Waals surface area contributed by atoms with E-state index < -0.39 is 0 Å². The zero-order valence-electron chi connectivity index (χ0n) is 16.1. The molecular weight excluding hydrogens is 345 g/mol. The zero-order chi connectivity index (χ0) is 18.9. The summed E-state index contributed by atoms with van der Waals surface area (Å²) in [5.41, 5.74) is 2.08. The van der Waals surface area contributed by atoms with Crippen LogP contribution in [0, 0.1) is 5.82 Å². The van der Waals surface area contributed by atoms with Crippen molar-refractivity contribution in [1.29, 1.82) is 0 Å². The van der Waals surface area contributed by atoms with E-state index >= 15 is 0 Å². The number of halogens is 1. The minimum atomic E-state index is -0.203. The highest BCUT2D eigenvalue weighted by atomic mass is 19.1. The standard InChI is InChI=1S/C20H30FN5O/c1-22-20(23-7-2-3-9-26-10-12-27-13-11-26)24-8-6-16-15-25-19-5-4-17(21)14-18(16)19/h4-5,14-15,25H,2-3,6-13H2,1H3,(H2,22,23,24). The summed E-state index contributed by atoms with van der Waals surface area (Å²) < 4.78 is 18.8. The number of morpholine rings is 1. The molecule has 0 aliphatic carbocycles. The van der Waals surface area contributed by atoms with Crippen molar-refractivity contribution in [2.45, 2.75) is 19.3 Å². The van der Waals surface area contributed by atoms with Crippen LogP contribution in [0.25, 0.3) is 10.9 Å². The van der Waals surface area contributed by atoms with Crippen LogP contribution in [0.3, 0.4) is 0 Å². The van der Waals surface area contributed by atoms with Gasteiger partial charge in [0.1, 0.15) is 5.82 Å². The maximum Gasteiger partial charge on any atom is 0.190 e. The highest BCUT2D eigenvalue weighted by Gasteiger charge is 2.09. The van der Waals surface area contributed by atoms with Gasteiger partial charge in [-0.15, -0.1) is 0 Å². The van der Waals surface area contributed by atoms with Gasteiger partial charge in [-0.25, -0.2) is 4.39 Å². The number of hydrogen-bond acceptors (Lipinski definition) is 3. The van der Waals surface area contributed by atoms with Gasteiger partial charge >= 0.3 is 0 Å². The quantitative estimate of drug-likeness (QED) is 0.376. The molecule has 0 radical (unpaired) electrons. The molecule has 148 valence electrons. The summed E-state index contributed by atoms with van der Waals surface area (Å²) in [4.78, 5) is 9.92. The van der Waals surface area contributed by atoms with Gasteiger partial charge < -0.3 is 20.4 Å². The molecule has 7 heteroatoms. The summed E-state index contributed by atoms with van der Waals surface area (Å²) in [5.74, 6) is 0.609. The Morgan fingerprint density at radius 2 is 2.04 bits per heavy atom. The number of ether oxygens (including phenoxy) is 1. The highest BCUT2D eigenvalue weighted by Crippen LogP contribution is 2.19. The summed E-state index contributed by atoms with van der Waals surface area (Å²) in [7, 11) is 1.78. The molecule has 0 spiro atoms. The molecule has 27 heavy (non-hydrogen) atoms. The molecule has 2 aromatic rings. The van der Waals surface area contributed by atoms with E-state index in [1.807, 2.05) is 6.20 Å². The molecule has 0 saturated carbocycles. The monoisotopic (exact) mass is 375 g/mol. The van der Waals surface area contributed by atoms with Crippen LogP contribution >= 0.6 is 0 Å². The first-order valence-electron chi connectivity index (χ1n) is 9.76. The second kappa shape index (κ2) is 10.3. The number of nitrogens with zero attached hydrogens (tertiary/aromatic N) is 2. The zero-order valence-corrected chi connectivity index (χ0v) is 16.1. The van der Waals surface area contributed by atoms with Crippen LogP contribution in [0.4, 0.5) is 4.39 Å². The first kappa shape index (κ1) is 19.6. The van der Waals surface area contributed by atoms with Gasteiger partial charge in [-0.1, -0.05) is 0 Å². The van der Waals surface area contributed by atoms with E-state index in [0.717, 1.165) is 81.2 Å². The first-order chi connectivity index (χ1) is 13.3. The van der Waals surface area contributed by atoms with Gasteiger partial charge in [0.2, 0.25) is 0 Å². The van der Waals surface area contributed by atoms with Crippen LogP contribution in [0.5, 0.6) is 0 Å². The molecular formula is C20H30FN5O. The first-order valence-corrected chi connectivity index (χ1v) is 9.76. The normalized spacial score (nSPS) is 16.0.